The summed E-state index contributed by atoms with van der Waals surface area (Å²) in [5.41, 5.74) is 12.5. The van der Waals surface area contributed by atoms with E-state index in [0.717, 1.165) is 31.4 Å². The predicted octanol–water partition coefficient (Wildman–Crippen LogP) is 4.35. The fourth-order valence-electron chi connectivity index (χ4n) is 2.78. The Morgan fingerprint density at radius 1 is 0.789 bits per heavy atom. The standard InChI is InChI=1S/C18H19N/c19-18-8-4-7-17(13-18)16-11-9-15(10-12-16)14-5-2-1-3-6-14/h1-3,5-6,8-9,11,13H,4,7,10,12,19H2. The van der Waals surface area contributed by atoms with Crippen LogP contribution in [0.25, 0.3) is 5.57 Å². The number of hydrogen-bond acceptors (Lipinski definition) is 1. The highest BCUT2D eigenvalue weighted by Gasteiger charge is 2.13. The molecule has 3 rings (SSSR count). The molecule has 2 aliphatic carbocycles. The van der Waals surface area contributed by atoms with E-state index in [0.29, 0.717) is 0 Å². The van der Waals surface area contributed by atoms with Crippen LogP contribution in [0.5, 0.6) is 0 Å². The minimum absolute atomic E-state index is 0.917. The Morgan fingerprint density at radius 2 is 1.53 bits per heavy atom. The minimum atomic E-state index is 0.917. The molecule has 0 aromatic heterocycles. The van der Waals surface area contributed by atoms with Crippen molar-refractivity contribution in [2.24, 2.45) is 5.73 Å². The number of nitrogens with two attached hydrogens (primary N) is 1. The van der Waals surface area contributed by atoms with Crippen molar-refractivity contribution in [3.05, 3.63) is 77.0 Å². The van der Waals surface area contributed by atoms with E-state index in [1.807, 2.05) is 0 Å². The van der Waals surface area contributed by atoms with Gasteiger partial charge >= 0.3 is 0 Å². The molecule has 0 fully saturated rings. The van der Waals surface area contributed by atoms with Gasteiger partial charge in [0.05, 0.1) is 0 Å². The van der Waals surface area contributed by atoms with Crippen molar-refractivity contribution >= 4 is 5.57 Å². The molecule has 0 radical (unpaired) electrons. The average molecular weight is 249 g/mol. The Bertz CT molecular complexity index is 585. The molecule has 2 aliphatic rings. The molecule has 1 aromatic rings. The van der Waals surface area contributed by atoms with Crippen LogP contribution in [0.1, 0.15) is 31.2 Å². The van der Waals surface area contributed by atoms with Gasteiger partial charge in [-0.1, -0.05) is 48.6 Å². The Balaban J connectivity index is 1.83. The summed E-state index contributed by atoms with van der Waals surface area (Å²) in [6.07, 6.45) is 13.2. The lowest BCUT2D eigenvalue weighted by Crippen LogP contribution is -2.04. The van der Waals surface area contributed by atoms with Crippen LogP contribution < -0.4 is 5.73 Å². The third-order valence-electron chi connectivity index (χ3n) is 3.84. The molecule has 0 spiro atoms. The summed E-state index contributed by atoms with van der Waals surface area (Å²) in [5.74, 6) is 0. The number of benzene rings is 1. The first kappa shape index (κ1) is 12.0. The Morgan fingerprint density at radius 3 is 2.21 bits per heavy atom. The molecule has 0 heterocycles. The maximum absolute atomic E-state index is 5.89. The van der Waals surface area contributed by atoms with Crippen molar-refractivity contribution in [1.29, 1.82) is 0 Å². The fourth-order valence-corrected chi connectivity index (χ4v) is 2.78. The first-order chi connectivity index (χ1) is 9.33. The quantitative estimate of drug-likeness (QED) is 0.828. The molecular formula is C18H19N. The minimum Gasteiger partial charge on any atom is -0.399 e. The molecule has 2 N–H and O–H groups in total. The van der Waals surface area contributed by atoms with Gasteiger partial charge in [-0.3, -0.25) is 0 Å². The highest BCUT2D eigenvalue weighted by atomic mass is 14.6. The van der Waals surface area contributed by atoms with Crippen molar-refractivity contribution in [1.82, 2.24) is 0 Å². The van der Waals surface area contributed by atoms with Gasteiger partial charge in [0.2, 0.25) is 0 Å². The van der Waals surface area contributed by atoms with E-state index in [2.05, 4.69) is 54.6 Å². The molecule has 1 aromatic carbocycles. The van der Waals surface area contributed by atoms with Gasteiger partial charge in [-0.2, -0.15) is 0 Å². The van der Waals surface area contributed by atoms with Crippen LogP contribution in [-0.2, 0) is 0 Å². The molecule has 0 atom stereocenters. The lowest BCUT2D eigenvalue weighted by atomic mass is 9.87. The highest BCUT2D eigenvalue weighted by Crippen LogP contribution is 2.32. The average Bonchev–Trinajstić information content (AvgIpc) is 2.48. The first-order valence-electron chi connectivity index (χ1n) is 6.94. The topological polar surface area (TPSA) is 26.0 Å². The van der Waals surface area contributed by atoms with Gasteiger partial charge in [0, 0.05) is 5.70 Å². The first-order valence-corrected chi connectivity index (χ1v) is 6.94. The number of hydrogen-bond donors (Lipinski definition) is 1. The van der Waals surface area contributed by atoms with Gasteiger partial charge in [-0.15, -0.1) is 0 Å². The normalized spacial score (nSPS) is 19.2. The lowest BCUT2D eigenvalue weighted by Gasteiger charge is -2.19. The van der Waals surface area contributed by atoms with Crippen molar-refractivity contribution in [2.45, 2.75) is 25.7 Å². The molecule has 1 heteroatoms. The van der Waals surface area contributed by atoms with E-state index in [9.17, 15) is 0 Å². The molecule has 0 saturated carbocycles. The maximum atomic E-state index is 5.89. The molecule has 96 valence electrons. The van der Waals surface area contributed by atoms with E-state index in [-0.39, 0.29) is 0 Å². The zero-order valence-corrected chi connectivity index (χ0v) is 11.1. The van der Waals surface area contributed by atoms with Gasteiger partial charge in [0.1, 0.15) is 0 Å². The number of allylic oxidation sites excluding steroid dienone is 7. The van der Waals surface area contributed by atoms with Gasteiger partial charge in [-0.05, 0) is 54.0 Å². The second-order valence-electron chi connectivity index (χ2n) is 5.16. The van der Waals surface area contributed by atoms with Gasteiger partial charge in [-0.25, -0.2) is 0 Å². The van der Waals surface area contributed by atoms with E-state index in [1.165, 1.54) is 22.3 Å². The van der Waals surface area contributed by atoms with Crippen LogP contribution in [0, 0.1) is 0 Å². The fraction of sp³-hybridized carbons (Fsp3) is 0.222. The molecule has 0 amide bonds. The SMILES string of the molecule is NC1=CCCC(C2=CC=C(c3ccccc3)CC2)=C1. The zero-order chi connectivity index (χ0) is 13.1. The second-order valence-corrected chi connectivity index (χ2v) is 5.16. The molecule has 0 saturated heterocycles. The van der Waals surface area contributed by atoms with E-state index < -0.39 is 0 Å². The summed E-state index contributed by atoms with van der Waals surface area (Å²) in [4.78, 5) is 0. The van der Waals surface area contributed by atoms with Gasteiger partial charge < -0.3 is 5.73 Å². The summed E-state index contributed by atoms with van der Waals surface area (Å²) in [7, 11) is 0. The van der Waals surface area contributed by atoms with E-state index in [4.69, 9.17) is 5.73 Å². The molecule has 0 aliphatic heterocycles. The predicted molar refractivity (Wildman–Crippen MR) is 81.3 cm³/mol. The Kier molecular flexibility index (Phi) is 3.37. The summed E-state index contributed by atoms with van der Waals surface area (Å²) in [6.45, 7) is 0. The lowest BCUT2D eigenvalue weighted by molar-refractivity contribution is 0.894. The monoisotopic (exact) mass is 249 g/mol. The molecule has 19 heavy (non-hydrogen) atoms. The van der Waals surface area contributed by atoms with Gasteiger partial charge in [0.15, 0.2) is 0 Å². The molecule has 1 nitrogen and oxygen atoms in total. The van der Waals surface area contributed by atoms with Crippen LogP contribution in [0.2, 0.25) is 0 Å². The van der Waals surface area contributed by atoms with Crippen LogP contribution in [-0.4, -0.2) is 0 Å². The van der Waals surface area contributed by atoms with Crippen LogP contribution in [0.15, 0.2) is 71.5 Å². The third-order valence-corrected chi connectivity index (χ3v) is 3.84. The van der Waals surface area contributed by atoms with Crippen molar-refractivity contribution in [2.75, 3.05) is 0 Å². The van der Waals surface area contributed by atoms with Crippen molar-refractivity contribution < 1.29 is 0 Å². The summed E-state index contributed by atoms with van der Waals surface area (Å²) < 4.78 is 0. The van der Waals surface area contributed by atoms with Crippen molar-refractivity contribution in [3.63, 3.8) is 0 Å². The van der Waals surface area contributed by atoms with Crippen LogP contribution >= 0.6 is 0 Å². The molecular weight excluding hydrogens is 230 g/mol. The Labute approximate surface area is 114 Å². The maximum Gasteiger partial charge on any atom is 0.0276 e. The van der Waals surface area contributed by atoms with E-state index in [1.54, 1.807) is 0 Å². The third kappa shape index (κ3) is 2.70. The zero-order valence-electron chi connectivity index (χ0n) is 11.1. The van der Waals surface area contributed by atoms with E-state index >= 15 is 0 Å². The second kappa shape index (κ2) is 5.31. The largest absolute Gasteiger partial charge is 0.399 e. The summed E-state index contributed by atoms with van der Waals surface area (Å²) in [5, 5.41) is 0. The van der Waals surface area contributed by atoms with Crippen molar-refractivity contribution in [3.8, 4) is 0 Å². The number of rotatable bonds is 2. The molecule has 0 unspecified atom stereocenters. The molecule has 0 bridgehead atoms. The van der Waals surface area contributed by atoms with Crippen LogP contribution in [0.3, 0.4) is 0 Å². The highest BCUT2D eigenvalue weighted by molar-refractivity contribution is 5.69. The van der Waals surface area contributed by atoms with Gasteiger partial charge in [0.25, 0.3) is 0 Å². The summed E-state index contributed by atoms with van der Waals surface area (Å²) >= 11 is 0. The smallest absolute Gasteiger partial charge is 0.0276 e. The summed E-state index contributed by atoms with van der Waals surface area (Å²) in [6, 6.07) is 10.6. The van der Waals surface area contributed by atoms with Crippen LogP contribution in [0.4, 0.5) is 0 Å². The Hall–Kier alpha value is -2.02.